The zero-order valence-corrected chi connectivity index (χ0v) is 21.4. The Bertz CT molecular complexity index is 817. The third kappa shape index (κ3) is 6.38. The Morgan fingerprint density at radius 2 is 1.66 bits per heavy atom. The van der Waals surface area contributed by atoms with Crippen molar-refractivity contribution in [2.24, 2.45) is 4.99 Å². The first-order valence-corrected chi connectivity index (χ1v) is 11.7. The largest absolute Gasteiger partial charge is 0.490 e. The number of piperidine rings is 1. The van der Waals surface area contributed by atoms with E-state index in [0.717, 1.165) is 76.8 Å². The van der Waals surface area contributed by atoms with Crippen LogP contribution in [0.3, 0.4) is 0 Å². The fourth-order valence-corrected chi connectivity index (χ4v) is 4.62. The molecule has 174 valence electrons. The molecule has 2 fully saturated rings. The van der Waals surface area contributed by atoms with E-state index < -0.39 is 0 Å². The molecular weight excluding hydrogens is 513 g/mol. The summed E-state index contributed by atoms with van der Waals surface area (Å²) in [6.45, 7) is 7.36. The van der Waals surface area contributed by atoms with Crippen molar-refractivity contribution in [2.45, 2.75) is 44.1 Å². The molecule has 0 amide bonds. The highest BCUT2D eigenvalue weighted by Crippen LogP contribution is 2.35. The first-order valence-electron chi connectivity index (χ1n) is 11.7. The van der Waals surface area contributed by atoms with Gasteiger partial charge in [-0.05, 0) is 37.5 Å². The van der Waals surface area contributed by atoms with Crippen LogP contribution in [0.25, 0.3) is 0 Å². The Balaban J connectivity index is 0.00000289. The van der Waals surface area contributed by atoms with E-state index >= 15 is 0 Å². The summed E-state index contributed by atoms with van der Waals surface area (Å²) in [6, 6.07) is 21.0. The topological polar surface area (TPSA) is 46.1 Å². The first kappa shape index (κ1) is 24.8. The Morgan fingerprint density at radius 3 is 2.28 bits per heavy atom. The molecule has 4 rings (SSSR count). The number of aliphatic imine (C=N–C) groups is 1. The monoisotopic (exact) mass is 549 g/mol. The number of halogens is 1. The number of likely N-dealkylation sites (tertiary alicyclic amines) is 1. The number of hydrogen-bond acceptors (Lipinski definition) is 3. The van der Waals surface area contributed by atoms with E-state index in [9.17, 15) is 0 Å². The standard InChI is InChI=1S/C26H35N3O2.HI/c1-2-27-25(29-17-13-24(14-18-29)31-23-11-7-4-8-12-23)28-21-26(15-19-30-20-16-26)22-9-5-3-6-10-22;/h3-12,24H,2,13-21H2,1H3,(H,27,28);1H. The average molecular weight is 549 g/mol. The van der Waals surface area contributed by atoms with Crippen LogP contribution in [0.5, 0.6) is 5.75 Å². The highest BCUT2D eigenvalue weighted by atomic mass is 127. The van der Waals surface area contributed by atoms with Gasteiger partial charge >= 0.3 is 0 Å². The van der Waals surface area contributed by atoms with E-state index in [1.165, 1.54) is 5.56 Å². The van der Waals surface area contributed by atoms with Crippen molar-refractivity contribution in [2.75, 3.05) is 39.4 Å². The van der Waals surface area contributed by atoms with Gasteiger partial charge in [-0.3, -0.25) is 4.99 Å². The van der Waals surface area contributed by atoms with Crippen LogP contribution < -0.4 is 10.1 Å². The first-order chi connectivity index (χ1) is 15.3. The molecule has 2 heterocycles. The summed E-state index contributed by atoms with van der Waals surface area (Å²) >= 11 is 0. The molecule has 0 radical (unpaired) electrons. The zero-order chi connectivity index (χ0) is 21.4. The lowest BCUT2D eigenvalue weighted by molar-refractivity contribution is 0.0529. The van der Waals surface area contributed by atoms with Crippen LogP contribution in [0.4, 0.5) is 0 Å². The molecule has 0 unspecified atom stereocenters. The fraction of sp³-hybridized carbons (Fsp3) is 0.500. The maximum atomic E-state index is 6.17. The van der Waals surface area contributed by atoms with Gasteiger partial charge in [-0.15, -0.1) is 24.0 Å². The third-order valence-corrected chi connectivity index (χ3v) is 6.49. The van der Waals surface area contributed by atoms with Gasteiger partial charge in [0.05, 0.1) is 6.54 Å². The Hall–Kier alpha value is -1.80. The smallest absolute Gasteiger partial charge is 0.193 e. The Morgan fingerprint density at radius 1 is 1.03 bits per heavy atom. The van der Waals surface area contributed by atoms with Crippen molar-refractivity contribution < 1.29 is 9.47 Å². The minimum absolute atomic E-state index is 0. The second kappa shape index (κ2) is 12.4. The van der Waals surface area contributed by atoms with Crippen LogP contribution in [0, 0.1) is 0 Å². The molecule has 0 spiro atoms. The number of hydrogen-bond donors (Lipinski definition) is 1. The summed E-state index contributed by atoms with van der Waals surface area (Å²) < 4.78 is 11.9. The van der Waals surface area contributed by atoms with Gasteiger partial charge < -0.3 is 19.7 Å². The number of benzene rings is 2. The normalized spacial score (nSPS) is 19.2. The van der Waals surface area contributed by atoms with Gasteiger partial charge in [-0.1, -0.05) is 48.5 Å². The van der Waals surface area contributed by atoms with Gasteiger partial charge in [0.2, 0.25) is 0 Å². The second-order valence-corrected chi connectivity index (χ2v) is 8.55. The molecule has 5 nitrogen and oxygen atoms in total. The summed E-state index contributed by atoms with van der Waals surface area (Å²) in [7, 11) is 0. The van der Waals surface area contributed by atoms with Crippen molar-refractivity contribution >= 4 is 29.9 Å². The number of nitrogens with zero attached hydrogens (tertiary/aromatic N) is 2. The molecule has 0 aromatic heterocycles. The van der Waals surface area contributed by atoms with Crippen LogP contribution in [-0.4, -0.2) is 56.4 Å². The van der Waals surface area contributed by atoms with Gasteiger partial charge in [0.25, 0.3) is 0 Å². The highest BCUT2D eigenvalue weighted by Gasteiger charge is 2.34. The summed E-state index contributed by atoms with van der Waals surface area (Å²) in [5.74, 6) is 1.99. The van der Waals surface area contributed by atoms with E-state index in [-0.39, 0.29) is 35.5 Å². The van der Waals surface area contributed by atoms with E-state index in [0.29, 0.717) is 0 Å². The molecule has 0 aliphatic carbocycles. The van der Waals surface area contributed by atoms with Crippen LogP contribution >= 0.6 is 24.0 Å². The van der Waals surface area contributed by atoms with Crippen LogP contribution in [0.1, 0.15) is 38.2 Å². The molecule has 0 atom stereocenters. The molecule has 0 saturated carbocycles. The minimum Gasteiger partial charge on any atom is -0.490 e. The molecule has 0 bridgehead atoms. The molecule has 6 heteroatoms. The lowest BCUT2D eigenvalue weighted by Crippen LogP contribution is -2.48. The fourth-order valence-electron chi connectivity index (χ4n) is 4.62. The maximum Gasteiger partial charge on any atom is 0.193 e. The molecule has 32 heavy (non-hydrogen) atoms. The van der Waals surface area contributed by atoms with Crippen LogP contribution in [-0.2, 0) is 10.2 Å². The van der Waals surface area contributed by atoms with Crippen molar-refractivity contribution in [3.05, 3.63) is 66.2 Å². The number of guanidine groups is 1. The Kier molecular flexibility index (Phi) is 9.66. The predicted molar refractivity (Wildman–Crippen MR) is 141 cm³/mol. The van der Waals surface area contributed by atoms with Gasteiger partial charge in [0, 0.05) is 51.1 Å². The van der Waals surface area contributed by atoms with Gasteiger partial charge in [0.15, 0.2) is 5.96 Å². The van der Waals surface area contributed by atoms with Crippen LogP contribution in [0.15, 0.2) is 65.7 Å². The number of nitrogens with one attached hydrogen (secondary N) is 1. The van der Waals surface area contributed by atoms with E-state index in [1.54, 1.807) is 0 Å². The van der Waals surface area contributed by atoms with Crippen molar-refractivity contribution in [1.29, 1.82) is 0 Å². The summed E-state index contributed by atoms with van der Waals surface area (Å²) in [5.41, 5.74) is 1.45. The average Bonchev–Trinajstić information content (AvgIpc) is 2.84. The van der Waals surface area contributed by atoms with Crippen molar-refractivity contribution in [3.63, 3.8) is 0 Å². The number of rotatable bonds is 6. The van der Waals surface area contributed by atoms with E-state index in [1.807, 2.05) is 30.3 Å². The van der Waals surface area contributed by atoms with Crippen molar-refractivity contribution in [1.82, 2.24) is 10.2 Å². The Labute approximate surface area is 209 Å². The highest BCUT2D eigenvalue weighted by molar-refractivity contribution is 14.0. The van der Waals surface area contributed by atoms with Gasteiger partial charge in [-0.25, -0.2) is 0 Å². The third-order valence-electron chi connectivity index (χ3n) is 6.49. The molecule has 2 aliphatic rings. The predicted octanol–water partition coefficient (Wildman–Crippen LogP) is 4.86. The lowest BCUT2D eigenvalue weighted by Gasteiger charge is -2.38. The summed E-state index contributed by atoms with van der Waals surface area (Å²) in [5, 5.41) is 3.53. The lowest BCUT2D eigenvalue weighted by atomic mass is 9.74. The summed E-state index contributed by atoms with van der Waals surface area (Å²) in [4.78, 5) is 7.55. The number of ether oxygens (including phenoxy) is 2. The molecular formula is C26H36IN3O2. The van der Waals surface area contributed by atoms with Gasteiger partial charge in [0.1, 0.15) is 11.9 Å². The SMILES string of the molecule is CCNC(=NCC1(c2ccccc2)CCOCC1)N1CCC(Oc2ccccc2)CC1.I. The quantitative estimate of drug-likeness (QED) is 0.318. The van der Waals surface area contributed by atoms with Crippen molar-refractivity contribution in [3.8, 4) is 5.75 Å². The molecule has 2 aromatic rings. The number of para-hydroxylation sites is 1. The molecule has 2 aromatic carbocycles. The molecule has 1 N–H and O–H groups in total. The molecule has 2 aliphatic heterocycles. The second-order valence-electron chi connectivity index (χ2n) is 8.55. The van der Waals surface area contributed by atoms with Gasteiger partial charge in [-0.2, -0.15) is 0 Å². The van der Waals surface area contributed by atoms with E-state index in [4.69, 9.17) is 14.5 Å². The zero-order valence-electron chi connectivity index (χ0n) is 19.0. The maximum absolute atomic E-state index is 6.17. The summed E-state index contributed by atoms with van der Waals surface area (Å²) in [6.07, 6.45) is 4.33. The van der Waals surface area contributed by atoms with E-state index in [2.05, 4.69) is 47.5 Å². The minimum atomic E-state index is 0. The van der Waals surface area contributed by atoms with Crippen LogP contribution in [0.2, 0.25) is 0 Å². The molecule has 2 saturated heterocycles.